The van der Waals surface area contributed by atoms with E-state index in [1.807, 2.05) is 37.4 Å². The van der Waals surface area contributed by atoms with Gasteiger partial charge in [-0.05, 0) is 37.1 Å². The van der Waals surface area contributed by atoms with E-state index in [1.54, 1.807) is 12.3 Å². The van der Waals surface area contributed by atoms with Gasteiger partial charge in [-0.25, -0.2) is 0 Å². The van der Waals surface area contributed by atoms with E-state index < -0.39 is 0 Å². The van der Waals surface area contributed by atoms with E-state index in [1.165, 1.54) is 11.1 Å². The molecule has 0 saturated heterocycles. The summed E-state index contributed by atoms with van der Waals surface area (Å²) in [5.41, 5.74) is 3.32. The van der Waals surface area contributed by atoms with Crippen LogP contribution in [-0.2, 0) is 6.54 Å². The molecule has 0 amide bonds. The minimum atomic E-state index is 0.103. The third-order valence-corrected chi connectivity index (χ3v) is 3.15. The molecule has 3 nitrogen and oxygen atoms in total. The number of aromatic hydroxyl groups is 1. The molecular formula is C15H18N2O. The van der Waals surface area contributed by atoms with Crippen molar-refractivity contribution in [2.24, 2.45) is 0 Å². The Hall–Kier alpha value is -1.87. The zero-order valence-electron chi connectivity index (χ0n) is 10.7. The molecule has 2 aromatic rings. The zero-order chi connectivity index (χ0) is 13.0. The summed E-state index contributed by atoms with van der Waals surface area (Å²) >= 11 is 0. The highest BCUT2D eigenvalue weighted by Crippen LogP contribution is 2.23. The number of phenolic OH excluding ortho intramolecular Hbond substituents is 1. The molecule has 2 N–H and O–H groups in total. The fourth-order valence-corrected chi connectivity index (χ4v) is 1.91. The van der Waals surface area contributed by atoms with Crippen molar-refractivity contribution in [3.8, 4) is 5.75 Å². The van der Waals surface area contributed by atoms with E-state index in [9.17, 15) is 5.11 Å². The lowest BCUT2D eigenvalue weighted by atomic mass is 10.1. The first-order valence-electron chi connectivity index (χ1n) is 6.09. The predicted molar refractivity (Wildman–Crippen MR) is 72.3 cm³/mol. The summed E-state index contributed by atoms with van der Waals surface area (Å²) in [7, 11) is 0. The Bertz CT molecular complexity index is 525. The first kappa shape index (κ1) is 12.6. The van der Waals surface area contributed by atoms with Gasteiger partial charge in [-0.15, -0.1) is 0 Å². The zero-order valence-corrected chi connectivity index (χ0v) is 10.7. The van der Waals surface area contributed by atoms with E-state index in [0.717, 1.165) is 12.1 Å². The van der Waals surface area contributed by atoms with Gasteiger partial charge >= 0.3 is 0 Å². The minimum Gasteiger partial charge on any atom is -0.508 e. The van der Waals surface area contributed by atoms with Gasteiger partial charge in [0.05, 0.1) is 0 Å². The molecule has 0 aliphatic heterocycles. The van der Waals surface area contributed by atoms with Gasteiger partial charge < -0.3 is 10.4 Å². The van der Waals surface area contributed by atoms with Gasteiger partial charge in [-0.2, -0.15) is 0 Å². The number of nitrogens with one attached hydrogen (secondary N) is 1. The molecule has 3 heteroatoms. The summed E-state index contributed by atoms with van der Waals surface area (Å²) in [5.74, 6) is 0.334. The van der Waals surface area contributed by atoms with Crippen LogP contribution in [-0.4, -0.2) is 10.1 Å². The molecule has 1 aromatic heterocycles. The summed E-state index contributed by atoms with van der Waals surface area (Å²) in [5, 5.41) is 13.2. The summed E-state index contributed by atoms with van der Waals surface area (Å²) < 4.78 is 0. The van der Waals surface area contributed by atoms with Crippen molar-refractivity contribution in [1.29, 1.82) is 0 Å². The normalized spacial score (nSPS) is 12.3. The van der Waals surface area contributed by atoms with Crippen LogP contribution in [0, 0.1) is 6.92 Å². The van der Waals surface area contributed by atoms with Crippen LogP contribution in [0.5, 0.6) is 5.75 Å². The fraction of sp³-hybridized carbons (Fsp3) is 0.267. The molecule has 0 spiro atoms. The van der Waals surface area contributed by atoms with Crippen molar-refractivity contribution >= 4 is 0 Å². The Balaban J connectivity index is 2.03. The highest BCUT2D eigenvalue weighted by Gasteiger charge is 2.09. The van der Waals surface area contributed by atoms with Gasteiger partial charge in [0.25, 0.3) is 0 Å². The first-order chi connectivity index (χ1) is 8.68. The largest absolute Gasteiger partial charge is 0.508 e. The second kappa shape index (κ2) is 5.65. The van der Waals surface area contributed by atoms with Crippen LogP contribution in [0.4, 0.5) is 0 Å². The lowest BCUT2D eigenvalue weighted by Crippen LogP contribution is -2.18. The van der Waals surface area contributed by atoms with Gasteiger partial charge in [0.15, 0.2) is 0 Å². The van der Waals surface area contributed by atoms with E-state index in [0.29, 0.717) is 5.75 Å². The van der Waals surface area contributed by atoms with Crippen LogP contribution in [0.15, 0.2) is 42.7 Å². The molecule has 0 radical (unpaired) electrons. The number of aryl methyl sites for hydroxylation is 1. The van der Waals surface area contributed by atoms with Gasteiger partial charge in [-0.3, -0.25) is 4.98 Å². The van der Waals surface area contributed by atoms with E-state index in [4.69, 9.17) is 0 Å². The number of phenols is 1. The lowest BCUT2D eigenvalue weighted by Gasteiger charge is -2.16. The van der Waals surface area contributed by atoms with Crippen LogP contribution in [0.1, 0.15) is 29.7 Å². The van der Waals surface area contributed by atoms with E-state index in [-0.39, 0.29) is 6.04 Å². The van der Waals surface area contributed by atoms with Crippen LogP contribution in [0.25, 0.3) is 0 Å². The Morgan fingerprint density at radius 2 is 2.06 bits per heavy atom. The highest BCUT2D eigenvalue weighted by atomic mass is 16.3. The van der Waals surface area contributed by atoms with Crippen LogP contribution < -0.4 is 5.32 Å². The Morgan fingerprint density at radius 1 is 1.28 bits per heavy atom. The summed E-state index contributed by atoms with van der Waals surface area (Å²) in [6.45, 7) is 4.86. The Kier molecular flexibility index (Phi) is 3.95. The maximum Gasteiger partial charge on any atom is 0.120 e. The van der Waals surface area contributed by atoms with Crippen LogP contribution in [0.2, 0.25) is 0 Å². The van der Waals surface area contributed by atoms with Gasteiger partial charge in [-0.1, -0.05) is 18.2 Å². The third-order valence-electron chi connectivity index (χ3n) is 3.15. The Labute approximate surface area is 108 Å². The van der Waals surface area contributed by atoms with Gasteiger partial charge in [0.1, 0.15) is 5.75 Å². The van der Waals surface area contributed by atoms with Crippen LogP contribution >= 0.6 is 0 Å². The minimum absolute atomic E-state index is 0.103. The van der Waals surface area contributed by atoms with Crippen molar-refractivity contribution in [1.82, 2.24) is 10.3 Å². The number of rotatable bonds is 4. The smallest absolute Gasteiger partial charge is 0.120 e. The second-order valence-corrected chi connectivity index (χ2v) is 4.46. The average Bonchev–Trinajstić information content (AvgIpc) is 2.38. The van der Waals surface area contributed by atoms with Crippen molar-refractivity contribution in [3.05, 3.63) is 59.4 Å². The number of nitrogens with zero attached hydrogens (tertiary/aromatic N) is 1. The predicted octanol–water partition coefficient (Wildman–Crippen LogP) is 2.95. The number of hydrogen-bond donors (Lipinski definition) is 2. The molecule has 1 aromatic carbocycles. The van der Waals surface area contributed by atoms with E-state index in [2.05, 4.69) is 17.2 Å². The second-order valence-electron chi connectivity index (χ2n) is 4.46. The first-order valence-corrected chi connectivity index (χ1v) is 6.09. The summed E-state index contributed by atoms with van der Waals surface area (Å²) in [6, 6.07) is 9.51. The third kappa shape index (κ3) is 2.87. The number of aromatic nitrogens is 1. The molecule has 1 heterocycles. The molecule has 0 fully saturated rings. The Morgan fingerprint density at radius 3 is 2.78 bits per heavy atom. The van der Waals surface area contributed by atoms with Crippen molar-refractivity contribution in [2.75, 3.05) is 0 Å². The SMILES string of the molecule is Cc1ccncc1CNC(C)c1ccccc1O. The van der Waals surface area contributed by atoms with Gasteiger partial charge in [0, 0.05) is 30.5 Å². The summed E-state index contributed by atoms with van der Waals surface area (Å²) in [6.07, 6.45) is 3.67. The van der Waals surface area contributed by atoms with E-state index >= 15 is 0 Å². The maximum absolute atomic E-state index is 9.78. The molecule has 0 bridgehead atoms. The molecular weight excluding hydrogens is 224 g/mol. The molecule has 94 valence electrons. The molecule has 2 rings (SSSR count). The topological polar surface area (TPSA) is 45.2 Å². The van der Waals surface area contributed by atoms with Crippen molar-refractivity contribution in [2.45, 2.75) is 26.4 Å². The highest BCUT2D eigenvalue weighted by molar-refractivity contribution is 5.34. The van der Waals surface area contributed by atoms with Crippen molar-refractivity contribution < 1.29 is 5.11 Å². The number of hydrogen-bond acceptors (Lipinski definition) is 3. The molecule has 0 saturated carbocycles. The molecule has 1 atom stereocenters. The maximum atomic E-state index is 9.78. The van der Waals surface area contributed by atoms with Crippen molar-refractivity contribution in [3.63, 3.8) is 0 Å². The number of para-hydroxylation sites is 1. The standard InChI is InChI=1S/C15H18N2O/c1-11-7-8-16-9-13(11)10-17-12(2)14-5-3-4-6-15(14)18/h3-9,12,17-18H,10H2,1-2H3. The fourth-order valence-electron chi connectivity index (χ4n) is 1.91. The molecule has 18 heavy (non-hydrogen) atoms. The monoisotopic (exact) mass is 242 g/mol. The molecule has 1 unspecified atom stereocenters. The lowest BCUT2D eigenvalue weighted by molar-refractivity contribution is 0.452. The van der Waals surface area contributed by atoms with Crippen LogP contribution in [0.3, 0.4) is 0 Å². The number of pyridine rings is 1. The quantitative estimate of drug-likeness (QED) is 0.866. The van der Waals surface area contributed by atoms with Gasteiger partial charge in [0.2, 0.25) is 0 Å². The molecule has 0 aliphatic rings. The number of benzene rings is 1. The average molecular weight is 242 g/mol. The molecule has 0 aliphatic carbocycles. The summed E-state index contributed by atoms with van der Waals surface area (Å²) in [4.78, 5) is 4.12.